The number of likely N-dealkylation sites (N-methyl/N-ethyl adjacent to an activating group) is 1. The number of carbonyl (C=O) groups excluding carboxylic acids is 2. The maximum absolute atomic E-state index is 13.1. The van der Waals surface area contributed by atoms with Crippen molar-refractivity contribution in [3.63, 3.8) is 0 Å². The molecule has 3 amide bonds. The number of alkyl carbamates (subject to hydrolysis) is 1. The van der Waals surface area contributed by atoms with E-state index in [9.17, 15) is 9.59 Å². The van der Waals surface area contributed by atoms with Gasteiger partial charge in [-0.2, -0.15) is 0 Å². The van der Waals surface area contributed by atoms with Crippen LogP contribution in [0.4, 0.5) is 9.59 Å². The summed E-state index contributed by atoms with van der Waals surface area (Å²) in [6.45, 7) is 6.24. The van der Waals surface area contributed by atoms with Gasteiger partial charge in [-0.05, 0) is 75.3 Å². The first-order valence-corrected chi connectivity index (χ1v) is 13.8. The number of hydrogen-bond acceptors (Lipinski definition) is 6. The van der Waals surface area contributed by atoms with E-state index in [1.54, 1.807) is 0 Å². The van der Waals surface area contributed by atoms with E-state index in [0.717, 1.165) is 50.0 Å². The summed E-state index contributed by atoms with van der Waals surface area (Å²) in [4.78, 5) is 26.5. The SMILES string of the molecule is CN[C@H](CNC(=O)N1CCC[C@@H]([C@H](OCCNC(=O)OC)c2cc(Cl)ccc2C)C1)C[C@H]1CCCOC1. The van der Waals surface area contributed by atoms with E-state index in [4.69, 9.17) is 21.1 Å². The van der Waals surface area contributed by atoms with Gasteiger partial charge in [-0.25, -0.2) is 9.59 Å². The van der Waals surface area contributed by atoms with Crippen LogP contribution in [0, 0.1) is 18.8 Å². The highest BCUT2D eigenvalue weighted by atomic mass is 35.5. The molecule has 2 fully saturated rings. The van der Waals surface area contributed by atoms with Gasteiger partial charge in [-0.3, -0.25) is 0 Å². The van der Waals surface area contributed by atoms with Gasteiger partial charge in [0.15, 0.2) is 0 Å². The predicted octanol–water partition coefficient (Wildman–Crippen LogP) is 3.89. The van der Waals surface area contributed by atoms with Crippen LogP contribution in [0.2, 0.25) is 5.02 Å². The zero-order valence-corrected chi connectivity index (χ0v) is 23.1. The first-order valence-electron chi connectivity index (χ1n) is 13.4. The summed E-state index contributed by atoms with van der Waals surface area (Å²) in [5.41, 5.74) is 2.10. The molecule has 37 heavy (non-hydrogen) atoms. The number of likely N-dealkylation sites (tertiary alicyclic amines) is 1. The first kappa shape index (κ1) is 29.5. The summed E-state index contributed by atoms with van der Waals surface area (Å²) >= 11 is 6.34. The van der Waals surface area contributed by atoms with Crippen molar-refractivity contribution in [3.8, 4) is 0 Å². The number of ether oxygens (including phenoxy) is 3. The number of urea groups is 1. The fraction of sp³-hybridized carbons (Fsp3) is 0.704. The van der Waals surface area contributed by atoms with E-state index in [-0.39, 0.29) is 24.1 Å². The topological polar surface area (TPSA) is 101 Å². The Labute approximate surface area is 225 Å². The third-order valence-corrected chi connectivity index (χ3v) is 7.59. The fourth-order valence-corrected chi connectivity index (χ4v) is 5.45. The van der Waals surface area contributed by atoms with Crippen LogP contribution in [-0.4, -0.2) is 83.2 Å². The molecule has 208 valence electrons. The monoisotopic (exact) mass is 538 g/mol. The summed E-state index contributed by atoms with van der Waals surface area (Å²) in [5, 5.41) is 9.80. The van der Waals surface area contributed by atoms with Crippen LogP contribution in [0.3, 0.4) is 0 Å². The van der Waals surface area contributed by atoms with Crippen LogP contribution < -0.4 is 16.0 Å². The molecule has 0 aliphatic carbocycles. The second kappa shape index (κ2) is 15.4. The van der Waals surface area contributed by atoms with Crippen molar-refractivity contribution in [2.24, 2.45) is 11.8 Å². The molecule has 0 saturated carbocycles. The van der Waals surface area contributed by atoms with Gasteiger partial charge < -0.3 is 35.1 Å². The van der Waals surface area contributed by atoms with E-state index in [1.807, 2.05) is 37.1 Å². The predicted molar refractivity (Wildman–Crippen MR) is 144 cm³/mol. The molecule has 0 radical (unpaired) electrons. The van der Waals surface area contributed by atoms with Gasteiger partial charge in [-0.1, -0.05) is 17.7 Å². The Kier molecular flexibility index (Phi) is 12.2. The molecule has 2 saturated heterocycles. The molecule has 1 aromatic carbocycles. The highest BCUT2D eigenvalue weighted by Gasteiger charge is 2.32. The largest absolute Gasteiger partial charge is 0.453 e. The zero-order chi connectivity index (χ0) is 26.6. The lowest BCUT2D eigenvalue weighted by atomic mass is 9.86. The molecule has 3 rings (SSSR count). The molecule has 10 heteroatoms. The van der Waals surface area contributed by atoms with E-state index in [2.05, 4.69) is 20.7 Å². The molecule has 0 unspecified atom stereocenters. The fourth-order valence-electron chi connectivity index (χ4n) is 5.27. The molecule has 2 heterocycles. The molecule has 0 bridgehead atoms. The molecule has 3 N–H and O–H groups in total. The summed E-state index contributed by atoms with van der Waals surface area (Å²) in [6, 6.07) is 5.97. The number of nitrogens with zero attached hydrogens (tertiary/aromatic N) is 1. The van der Waals surface area contributed by atoms with Crippen molar-refractivity contribution in [1.82, 2.24) is 20.9 Å². The van der Waals surface area contributed by atoms with E-state index in [1.165, 1.54) is 13.5 Å². The third kappa shape index (κ3) is 9.32. The summed E-state index contributed by atoms with van der Waals surface area (Å²) < 4.78 is 16.6. The minimum atomic E-state index is -0.490. The second-order valence-electron chi connectivity index (χ2n) is 10.0. The van der Waals surface area contributed by atoms with Crippen molar-refractivity contribution in [3.05, 3.63) is 34.3 Å². The maximum atomic E-state index is 13.1. The Hall–Kier alpha value is -2.07. The maximum Gasteiger partial charge on any atom is 0.406 e. The van der Waals surface area contributed by atoms with Crippen molar-refractivity contribution < 1.29 is 23.8 Å². The normalized spacial score (nSPS) is 21.7. The number of benzene rings is 1. The average Bonchev–Trinajstić information content (AvgIpc) is 2.92. The van der Waals surface area contributed by atoms with Crippen LogP contribution >= 0.6 is 11.6 Å². The quantitative estimate of drug-likeness (QED) is 0.370. The molecular formula is C27H43ClN4O5. The van der Waals surface area contributed by atoms with Crippen LogP contribution in [-0.2, 0) is 14.2 Å². The summed E-state index contributed by atoms with van der Waals surface area (Å²) in [5.74, 6) is 0.643. The van der Waals surface area contributed by atoms with Gasteiger partial charge in [0.25, 0.3) is 0 Å². The number of rotatable bonds is 11. The van der Waals surface area contributed by atoms with Gasteiger partial charge in [0.05, 0.1) is 19.8 Å². The van der Waals surface area contributed by atoms with E-state index < -0.39 is 6.09 Å². The van der Waals surface area contributed by atoms with Crippen LogP contribution in [0.25, 0.3) is 0 Å². The molecule has 1 aromatic rings. The van der Waals surface area contributed by atoms with Gasteiger partial charge >= 0.3 is 12.1 Å². The smallest absolute Gasteiger partial charge is 0.406 e. The zero-order valence-electron chi connectivity index (χ0n) is 22.4. The van der Waals surface area contributed by atoms with Crippen LogP contribution in [0.1, 0.15) is 49.3 Å². The summed E-state index contributed by atoms with van der Waals surface area (Å²) in [7, 11) is 3.28. The number of amides is 3. The average molecular weight is 539 g/mol. The van der Waals surface area contributed by atoms with Crippen LogP contribution in [0.5, 0.6) is 0 Å². The number of piperidine rings is 1. The lowest BCUT2D eigenvalue weighted by Crippen LogP contribution is -2.50. The third-order valence-electron chi connectivity index (χ3n) is 7.36. The minimum Gasteiger partial charge on any atom is -0.453 e. The standard InChI is InChI=1S/C27H43ClN4O5/c1-19-8-9-22(28)15-24(19)25(37-13-10-30-27(34)35-3)21-7-4-11-32(17-21)26(33)31-16-23(29-2)14-20-6-5-12-36-18-20/h8-9,15,20-21,23,25,29H,4-7,10-14,16-18H2,1-3H3,(H,30,34)(H,31,33)/t20-,21-,23+,25+/m1/s1. The number of methoxy groups -OCH3 is 1. The van der Waals surface area contributed by atoms with Crippen molar-refractivity contribution in [2.75, 3.05) is 60.2 Å². The molecule has 2 aliphatic heterocycles. The van der Waals surface area contributed by atoms with Gasteiger partial charge in [0.1, 0.15) is 0 Å². The Bertz CT molecular complexity index is 867. The van der Waals surface area contributed by atoms with Gasteiger partial charge in [-0.15, -0.1) is 0 Å². The summed E-state index contributed by atoms with van der Waals surface area (Å²) in [6.07, 6.45) is 4.37. The Morgan fingerprint density at radius 3 is 2.81 bits per heavy atom. The van der Waals surface area contributed by atoms with Crippen molar-refractivity contribution in [2.45, 2.75) is 51.2 Å². The Morgan fingerprint density at radius 1 is 1.24 bits per heavy atom. The lowest BCUT2D eigenvalue weighted by Gasteiger charge is -2.38. The Balaban J connectivity index is 1.60. The second-order valence-corrected chi connectivity index (χ2v) is 10.5. The first-order chi connectivity index (χ1) is 17.9. The number of aryl methyl sites for hydroxylation is 1. The van der Waals surface area contributed by atoms with E-state index in [0.29, 0.717) is 43.7 Å². The molecular weight excluding hydrogens is 496 g/mol. The van der Waals surface area contributed by atoms with Gasteiger partial charge in [0, 0.05) is 56.4 Å². The van der Waals surface area contributed by atoms with Gasteiger partial charge in [0.2, 0.25) is 0 Å². The van der Waals surface area contributed by atoms with Crippen molar-refractivity contribution in [1.29, 1.82) is 0 Å². The highest BCUT2D eigenvalue weighted by Crippen LogP contribution is 2.35. The number of nitrogens with one attached hydrogen (secondary N) is 3. The lowest BCUT2D eigenvalue weighted by molar-refractivity contribution is -0.00885. The molecule has 0 spiro atoms. The number of carbonyl (C=O) groups is 2. The Morgan fingerprint density at radius 2 is 2.08 bits per heavy atom. The number of halogens is 1. The molecule has 0 aromatic heterocycles. The molecule has 9 nitrogen and oxygen atoms in total. The highest BCUT2D eigenvalue weighted by molar-refractivity contribution is 6.30. The molecule has 2 aliphatic rings. The number of hydrogen-bond donors (Lipinski definition) is 3. The van der Waals surface area contributed by atoms with Crippen molar-refractivity contribution >= 4 is 23.7 Å². The van der Waals surface area contributed by atoms with Crippen LogP contribution in [0.15, 0.2) is 18.2 Å². The van der Waals surface area contributed by atoms with E-state index >= 15 is 0 Å². The minimum absolute atomic E-state index is 0.0428. The molecule has 4 atom stereocenters.